The van der Waals surface area contributed by atoms with E-state index in [0.29, 0.717) is 23.7 Å². The van der Waals surface area contributed by atoms with Crippen LogP contribution in [-0.4, -0.2) is 34.9 Å². The van der Waals surface area contributed by atoms with Gasteiger partial charge >= 0.3 is 0 Å². The molecule has 1 aliphatic rings. The standard InChI is InChI=1S/C12H15ClN2O4/c1-8-12(16,4-5-19-8)7-14-10-3-2-9(13)6-11(10)15(17)18/h2-3,6,8,14,16H,4-5,7H2,1H3. The molecule has 2 unspecified atom stereocenters. The molecule has 6 nitrogen and oxygen atoms in total. The second kappa shape index (κ2) is 5.32. The number of nitrogens with zero attached hydrogens (tertiary/aromatic N) is 1. The maximum Gasteiger partial charge on any atom is 0.293 e. The van der Waals surface area contributed by atoms with Gasteiger partial charge in [-0.3, -0.25) is 10.1 Å². The number of hydrogen-bond donors (Lipinski definition) is 2. The number of anilines is 1. The first kappa shape index (κ1) is 14.0. The summed E-state index contributed by atoms with van der Waals surface area (Å²) >= 11 is 5.74. The normalized spacial score (nSPS) is 26.4. The molecule has 1 aliphatic heterocycles. The summed E-state index contributed by atoms with van der Waals surface area (Å²) in [5, 5.41) is 24.5. The predicted octanol–water partition coefficient (Wildman–Crippen LogP) is 2.20. The molecule has 104 valence electrons. The summed E-state index contributed by atoms with van der Waals surface area (Å²) in [6.07, 6.45) is 0.203. The lowest BCUT2D eigenvalue weighted by Crippen LogP contribution is -2.43. The topological polar surface area (TPSA) is 84.6 Å². The van der Waals surface area contributed by atoms with Crippen molar-refractivity contribution in [1.82, 2.24) is 0 Å². The molecule has 1 fully saturated rings. The summed E-state index contributed by atoms with van der Waals surface area (Å²) < 4.78 is 5.31. The fraction of sp³-hybridized carbons (Fsp3) is 0.500. The molecule has 7 heteroatoms. The van der Waals surface area contributed by atoms with Crippen LogP contribution in [0.25, 0.3) is 0 Å². The molecule has 0 saturated carbocycles. The number of ether oxygens (including phenoxy) is 1. The number of halogens is 1. The molecule has 19 heavy (non-hydrogen) atoms. The second-order valence-corrected chi connectivity index (χ2v) is 5.08. The summed E-state index contributed by atoms with van der Waals surface area (Å²) in [5.74, 6) is 0. The largest absolute Gasteiger partial charge is 0.385 e. The zero-order chi connectivity index (χ0) is 14.0. The number of nitro benzene ring substituents is 1. The molecule has 2 rings (SSSR count). The van der Waals surface area contributed by atoms with E-state index >= 15 is 0 Å². The van der Waals surface area contributed by atoms with E-state index in [4.69, 9.17) is 16.3 Å². The van der Waals surface area contributed by atoms with Crippen molar-refractivity contribution in [2.75, 3.05) is 18.5 Å². The van der Waals surface area contributed by atoms with Crippen LogP contribution < -0.4 is 5.32 Å². The van der Waals surface area contributed by atoms with Gasteiger partial charge in [0, 0.05) is 30.7 Å². The molecule has 0 radical (unpaired) electrons. The zero-order valence-electron chi connectivity index (χ0n) is 10.4. The molecule has 0 aromatic heterocycles. The monoisotopic (exact) mass is 286 g/mol. The molecule has 1 aromatic rings. The lowest BCUT2D eigenvalue weighted by atomic mass is 9.96. The molecule has 0 amide bonds. The van der Waals surface area contributed by atoms with E-state index in [1.54, 1.807) is 13.0 Å². The first-order valence-corrected chi connectivity index (χ1v) is 6.32. The molecule has 0 aliphatic carbocycles. The van der Waals surface area contributed by atoms with E-state index in [0.717, 1.165) is 0 Å². The number of rotatable bonds is 4. The summed E-state index contributed by atoms with van der Waals surface area (Å²) in [5.41, 5.74) is -0.780. The Balaban J connectivity index is 2.13. The van der Waals surface area contributed by atoms with E-state index in [1.165, 1.54) is 12.1 Å². The molecule has 1 aromatic carbocycles. The minimum Gasteiger partial charge on any atom is -0.385 e. The number of nitro groups is 1. The Hall–Kier alpha value is -1.37. The van der Waals surface area contributed by atoms with Crippen LogP contribution >= 0.6 is 11.6 Å². The van der Waals surface area contributed by atoms with E-state index in [9.17, 15) is 15.2 Å². The number of hydrogen-bond acceptors (Lipinski definition) is 5. The van der Waals surface area contributed by atoms with Crippen molar-refractivity contribution in [2.24, 2.45) is 0 Å². The van der Waals surface area contributed by atoms with Gasteiger partial charge in [0.2, 0.25) is 0 Å². The fourth-order valence-electron chi connectivity index (χ4n) is 2.06. The third kappa shape index (κ3) is 2.97. The lowest BCUT2D eigenvalue weighted by Gasteiger charge is -2.26. The maximum absolute atomic E-state index is 10.9. The highest BCUT2D eigenvalue weighted by Crippen LogP contribution is 2.30. The minimum atomic E-state index is -1.01. The summed E-state index contributed by atoms with van der Waals surface area (Å²) in [4.78, 5) is 10.4. The van der Waals surface area contributed by atoms with Crippen molar-refractivity contribution >= 4 is 23.0 Å². The van der Waals surface area contributed by atoms with Gasteiger partial charge in [-0.15, -0.1) is 0 Å². The molecular weight excluding hydrogens is 272 g/mol. The van der Waals surface area contributed by atoms with Crippen LogP contribution in [0.1, 0.15) is 13.3 Å². The van der Waals surface area contributed by atoms with Crippen molar-refractivity contribution in [2.45, 2.75) is 25.0 Å². The van der Waals surface area contributed by atoms with E-state index in [-0.39, 0.29) is 18.3 Å². The number of nitrogens with one attached hydrogen (secondary N) is 1. The Kier molecular flexibility index (Phi) is 3.93. The SMILES string of the molecule is CC1OCCC1(O)CNc1ccc(Cl)cc1[N+](=O)[O-]. The maximum atomic E-state index is 10.9. The zero-order valence-corrected chi connectivity index (χ0v) is 11.2. The lowest BCUT2D eigenvalue weighted by molar-refractivity contribution is -0.384. The first-order valence-electron chi connectivity index (χ1n) is 5.94. The highest BCUT2D eigenvalue weighted by molar-refractivity contribution is 6.30. The van der Waals surface area contributed by atoms with Gasteiger partial charge in [-0.2, -0.15) is 0 Å². The molecule has 1 heterocycles. The predicted molar refractivity (Wildman–Crippen MR) is 71.6 cm³/mol. The quantitative estimate of drug-likeness (QED) is 0.655. The molecule has 0 spiro atoms. The van der Waals surface area contributed by atoms with Crippen LogP contribution in [-0.2, 0) is 4.74 Å². The van der Waals surface area contributed by atoms with E-state index in [2.05, 4.69) is 5.32 Å². The van der Waals surface area contributed by atoms with E-state index in [1.807, 2.05) is 0 Å². The van der Waals surface area contributed by atoms with Crippen molar-refractivity contribution < 1.29 is 14.8 Å². The highest BCUT2D eigenvalue weighted by Gasteiger charge is 2.39. The van der Waals surface area contributed by atoms with E-state index < -0.39 is 10.5 Å². The molecule has 2 atom stereocenters. The average molecular weight is 287 g/mol. The average Bonchev–Trinajstić information content (AvgIpc) is 2.68. The Morgan fingerprint density at radius 1 is 1.68 bits per heavy atom. The Morgan fingerprint density at radius 3 is 3.00 bits per heavy atom. The second-order valence-electron chi connectivity index (χ2n) is 4.64. The van der Waals surface area contributed by atoms with Crippen molar-refractivity contribution in [3.8, 4) is 0 Å². The number of benzene rings is 1. The minimum absolute atomic E-state index is 0.109. The third-order valence-corrected chi connectivity index (χ3v) is 3.64. The molecule has 2 N–H and O–H groups in total. The Labute approximate surface area is 115 Å². The molecule has 1 saturated heterocycles. The van der Waals surface area contributed by atoms with Gasteiger partial charge < -0.3 is 15.2 Å². The Bertz CT molecular complexity index is 497. The molecular formula is C12H15ClN2O4. The van der Waals surface area contributed by atoms with Gasteiger partial charge in [0.05, 0.1) is 11.0 Å². The van der Waals surface area contributed by atoms with Crippen LogP contribution in [0.5, 0.6) is 0 Å². The van der Waals surface area contributed by atoms with Gasteiger partial charge in [-0.25, -0.2) is 0 Å². The smallest absolute Gasteiger partial charge is 0.293 e. The first-order chi connectivity index (χ1) is 8.92. The van der Waals surface area contributed by atoms with Crippen molar-refractivity contribution in [1.29, 1.82) is 0 Å². The van der Waals surface area contributed by atoms with Gasteiger partial charge in [0.25, 0.3) is 5.69 Å². The number of aliphatic hydroxyl groups is 1. The van der Waals surface area contributed by atoms with Crippen LogP contribution in [0.2, 0.25) is 5.02 Å². The Morgan fingerprint density at radius 2 is 2.42 bits per heavy atom. The van der Waals surface area contributed by atoms with Crippen LogP contribution in [0.3, 0.4) is 0 Å². The molecule has 0 bridgehead atoms. The summed E-state index contributed by atoms with van der Waals surface area (Å²) in [6, 6.07) is 4.38. The van der Waals surface area contributed by atoms with Crippen LogP contribution in [0.15, 0.2) is 18.2 Å². The highest BCUT2D eigenvalue weighted by atomic mass is 35.5. The van der Waals surface area contributed by atoms with Crippen molar-refractivity contribution in [3.63, 3.8) is 0 Å². The fourth-order valence-corrected chi connectivity index (χ4v) is 2.22. The van der Waals surface area contributed by atoms with Gasteiger partial charge in [-0.05, 0) is 19.1 Å². The summed E-state index contributed by atoms with van der Waals surface area (Å²) in [7, 11) is 0. The van der Waals surface area contributed by atoms with Crippen LogP contribution in [0.4, 0.5) is 11.4 Å². The van der Waals surface area contributed by atoms with Gasteiger partial charge in [0.1, 0.15) is 11.3 Å². The van der Waals surface area contributed by atoms with Crippen LogP contribution in [0, 0.1) is 10.1 Å². The summed E-state index contributed by atoms with van der Waals surface area (Å²) in [6.45, 7) is 2.46. The van der Waals surface area contributed by atoms with Gasteiger partial charge in [0.15, 0.2) is 0 Å². The van der Waals surface area contributed by atoms with Crippen molar-refractivity contribution in [3.05, 3.63) is 33.3 Å². The van der Waals surface area contributed by atoms with Gasteiger partial charge in [-0.1, -0.05) is 11.6 Å². The third-order valence-electron chi connectivity index (χ3n) is 3.40.